The third-order valence-electron chi connectivity index (χ3n) is 3.56. The van der Waals surface area contributed by atoms with Crippen LogP contribution in [0.5, 0.6) is 0 Å². The summed E-state index contributed by atoms with van der Waals surface area (Å²) >= 11 is 3.10. The summed E-state index contributed by atoms with van der Waals surface area (Å²) in [6, 6.07) is 1.58. The van der Waals surface area contributed by atoms with Crippen LogP contribution in [0.4, 0.5) is 18.9 Å². The van der Waals surface area contributed by atoms with Gasteiger partial charge in [-0.05, 0) is 47.3 Å². The molecule has 0 aliphatic heterocycles. The van der Waals surface area contributed by atoms with Gasteiger partial charge in [0.15, 0.2) is 0 Å². The fourth-order valence-corrected chi connectivity index (χ4v) is 3.13. The van der Waals surface area contributed by atoms with E-state index >= 15 is 0 Å². The molecule has 0 unspecified atom stereocenters. The van der Waals surface area contributed by atoms with Gasteiger partial charge in [-0.1, -0.05) is 0 Å². The molecule has 0 aromatic heterocycles. The predicted octanol–water partition coefficient (Wildman–Crippen LogP) is 4.58. The number of anilines is 1. The maximum absolute atomic E-state index is 13.8. The first-order valence-electron chi connectivity index (χ1n) is 6.32. The molecule has 1 aromatic rings. The lowest BCUT2D eigenvalue weighted by molar-refractivity contribution is -0.129. The van der Waals surface area contributed by atoms with E-state index in [1.54, 1.807) is 19.9 Å². The third-order valence-corrected chi connectivity index (χ3v) is 4.14. The van der Waals surface area contributed by atoms with Crippen LogP contribution in [-0.4, -0.2) is 11.8 Å². The van der Waals surface area contributed by atoms with E-state index in [4.69, 9.17) is 0 Å². The molecular formula is C14H15BrF3NO. The number of carbonyl (C=O) groups is 1. The highest BCUT2D eigenvalue weighted by atomic mass is 79.9. The van der Waals surface area contributed by atoms with Gasteiger partial charge in [0.2, 0.25) is 11.8 Å². The third kappa shape index (κ3) is 3.16. The van der Waals surface area contributed by atoms with Crippen LogP contribution in [0, 0.1) is 25.6 Å². The summed E-state index contributed by atoms with van der Waals surface area (Å²) in [5.41, 5.74) is 1.48. The van der Waals surface area contributed by atoms with Gasteiger partial charge in [-0.3, -0.25) is 4.79 Å². The summed E-state index contributed by atoms with van der Waals surface area (Å²) < 4.78 is 39.5. The molecule has 0 spiro atoms. The molecule has 0 bridgehead atoms. The molecule has 0 atom stereocenters. The summed E-state index contributed by atoms with van der Waals surface area (Å²) in [5.74, 6) is -3.69. The zero-order valence-electron chi connectivity index (χ0n) is 11.2. The second-order valence-electron chi connectivity index (χ2n) is 5.37. The number of alkyl halides is 2. The van der Waals surface area contributed by atoms with Crippen molar-refractivity contribution in [1.82, 2.24) is 0 Å². The molecule has 1 amide bonds. The Kier molecular flexibility index (Phi) is 4.14. The highest BCUT2D eigenvalue weighted by Crippen LogP contribution is 2.44. The number of aryl methyl sites for hydroxylation is 1. The Morgan fingerprint density at radius 2 is 2.05 bits per heavy atom. The van der Waals surface area contributed by atoms with Gasteiger partial charge in [0.25, 0.3) is 0 Å². The second kappa shape index (κ2) is 5.39. The van der Waals surface area contributed by atoms with E-state index in [-0.39, 0.29) is 31.1 Å². The van der Waals surface area contributed by atoms with Crippen molar-refractivity contribution in [2.75, 3.05) is 5.32 Å². The molecule has 0 saturated heterocycles. The first-order valence-corrected chi connectivity index (χ1v) is 7.12. The van der Waals surface area contributed by atoms with E-state index in [0.29, 0.717) is 15.7 Å². The maximum Gasteiger partial charge on any atom is 0.248 e. The molecule has 2 nitrogen and oxygen atoms in total. The number of carbonyl (C=O) groups excluding carboxylic acids is 1. The number of nitrogens with one attached hydrogen (secondary N) is 1. The van der Waals surface area contributed by atoms with Crippen molar-refractivity contribution >= 4 is 27.5 Å². The fourth-order valence-electron chi connectivity index (χ4n) is 2.48. The van der Waals surface area contributed by atoms with Crippen molar-refractivity contribution in [2.24, 2.45) is 5.92 Å². The van der Waals surface area contributed by atoms with E-state index in [1.807, 2.05) is 0 Å². The second-order valence-corrected chi connectivity index (χ2v) is 6.23. The van der Waals surface area contributed by atoms with Crippen LogP contribution in [0.1, 0.15) is 30.4 Å². The quantitative estimate of drug-likeness (QED) is 0.850. The number of hydrogen-bond donors (Lipinski definition) is 1. The van der Waals surface area contributed by atoms with Crippen LogP contribution >= 0.6 is 15.9 Å². The van der Waals surface area contributed by atoms with Crippen molar-refractivity contribution in [1.29, 1.82) is 0 Å². The Bertz CT molecular complexity index is 552. The minimum atomic E-state index is -2.62. The minimum absolute atomic E-state index is 0.0478. The molecule has 6 heteroatoms. The minimum Gasteiger partial charge on any atom is -0.325 e. The number of amides is 1. The summed E-state index contributed by atoms with van der Waals surface area (Å²) in [6.07, 6.45) is -0.438. The van der Waals surface area contributed by atoms with E-state index in [9.17, 15) is 18.0 Å². The van der Waals surface area contributed by atoms with Crippen molar-refractivity contribution in [3.05, 3.63) is 27.5 Å². The molecule has 1 fully saturated rings. The Morgan fingerprint density at radius 1 is 1.45 bits per heavy atom. The van der Waals surface area contributed by atoms with Crippen molar-refractivity contribution in [3.8, 4) is 0 Å². The lowest BCUT2D eigenvalue weighted by atomic mass is 9.79. The van der Waals surface area contributed by atoms with Gasteiger partial charge in [-0.15, -0.1) is 0 Å². The van der Waals surface area contributed by atoms with Crippen LogP contribution in [0.3, 0.4) is 0 Å². The predicted molar refractivity (Wildman–Crippen MR) is 74.5 cm³/mol. The van der Waals surface area contributed by atoms with E-state index in [1.165, 1.54) is 0 Å². The first kappa shape index (κ1) is 15.4. The first-order chi connectivity index (χ1) is 9.19. The van der Waals surface area contributed by atoms with Crippen LogP contribution in [0.25, 0.3) is 0 Å². The summed E-state index contributed by atoms with van der Waals surface area (Å²) in [6.45, 7) is 3.32. The Balaban J connectivity index is 2.04. The number of halogens is 4. The van der Waals surface area contributed by atoms with Gasteiger partial charge in [0.1, 0.15) is 5.82 Å². The molecule has 1 aromatic carbocycles. The highest BCUT2D eigenvalue weighted by molar-refractivity contribution is 9.10. The fraction of sp³-hybridized carbons (Fsp3) is 0.500. The highest BCUT2D eigenvalue weighted by Gasteiger charge is 2.45. The number of rotatable bonds is 3. The molecule has 2 rings (SSSR count). The molecule has 1 aliphatic rings. The van der Waals surface area contributed by atoms with Crippen LogP contribution < -0.4 is 5.32 Å². The van der Waals surface area contributed by atoms with Gasteiger partial charge in [0.05, 0.1) is 4.47 Å². The van der Waals surface area contributed by atoms with Gasteiger partial charge in [0, 0.05) is 30.5 Å². The topological polar surface area (TPSA) is 29.1 Å². The lowest BCUT2D eigenvalue weighted by Crippen LogP contribution is -2.37. The van der Waals surface area contributed by atoms with Crippen LogP contribution in [0.2, 0.25) is 0 Å². The molecule has 1 aliphatic carbocycles. The van der Waals surface area contributed by atoms with Gasteiger partial charge in [-0.25, -0.2) is 13.2 Å². The summed E-state index contributed by atoms with van der Waals surface area (Å²) in [4.78, 5) is 11.8. The molecule has 1 saturated carbocycles. The molecular weight excluding hydrogens is 335 g/mol. The summed E-state index contributed by atoms with van der Waals surface area (Å²) in [7, 11) is 0. The zero-order chi connectivity index (χ0) is 15.1. The zero-order valence-corrected chi connectivity index (χ0v) is 12.8. The average Bonchev–Trinajstić information content (AvgIpc) is 2.29. The normalized spacial score (nSPS) is 17.7. The molecule has 1 N–H and O–H groups in total. The van der Waals surface area contributed by atoms with Crippen molar-refractivity contribution in [3.63, 3.8) is 0 Å². The number of hydrogen-bond acceptors (Lipinski definition) is 1. The molecule has 0 radical (unpaired) electrons. The molecule has 110 valence electrons. The van der Waals surface area contributed by atoms with Crippen LogP contribution in [0.15, 0.2) is 10.5 Å². The van der Waals surface area contributed by atoms with E-state index < -0.39 is 11.7 Å². The van der Waals surface area contributed by atoms with Gasteiger partial charge in [-0.2, -0.15) is 0 Å². The standard InChI is InChI=1S/C14H15BrF3NO/c1-7-3-10(15)12(16)8(2)13(7)19-11(20)4-9-5-14(17,18)6-9/h3,9H,4-6H2,1-2H3,(H,19,20). The van der Waals surface area contributed by atoms with Gasteiger partial charge >= 0.3 is 0 Å². The monoisotopic (exact) mass is 349 g/mol. The van der Waals surface area contributed by atoms with E-state index in [2.05, 4.69) is 21.2 Å². The van der Waals surface area contributed by atoms with E-state index in [0.717, 1.165) is 5.56 Å². The number of benzene rings is 1. The summed E-state index contributed by atoms with van der Waals surface area (Å²) in [5, 5.41) is 2.63. The Hall–Kier alpha value is -1.04. The maximum atomic E-state index is 13.8. The van der Waals surface area contributed by atoms with Gasteiger partial charge < -0.3 is 5.32 Å². The Morgan fingerprint density at radius 3 is 2.60 bits per heavy atom. The largest absolute Gasteiger partial charge is 0.325 e. The average molecular weight is 350 g/mol. The molecule has 20 heavy (non-hydrogen) atoms. The molecule has 0 heterocycles. The van der Waals surface area contributed by atoms with Crippen molar-refractivity contribution in [2.45, 2.75) is 39.0 Å². The smallest absolute Gasteiger partial charge is 0.248 e. The Labute approximate surface area is 123 Å². The van der Waals surface area contributed by atoms with Crippen molar-refractivity contribution < 1.29 is 18.0 Å². The van der Waals surface area contributed by atoms with Crippen LogP contribution in [-0.2, 0) is 4.79 Å². The lowest BCUT2D eigenvalue weighted by Gasteiger charge is -2.34. The SMILES string of the molecule is Cc1cc(Br)c(F)c(C)c1NC(=O)CC1CC(F)(F)C1.